The predicted molar refractivity (Wildman–Crippen MR) is 95.8 cm³/mol. The topological polar surface area (TPSA) is 56.1 Å². The highest BCUT2D eigenvalue weighted by Crippen LogP contribution is 2.45. The molecule has 0 aliphatic heterocycles. The van der Waals surface area contributed by atoms with Gasteiger partial charge in [0.2, 0.25) is 5.91 Å². The summed E-state index contributed by atoms with van der Waals surface area (Å²) in [6, 6.07) is 2.31. The molecule has 1 aliphatic carbocycles. The molecule has 1 atom stereocenters. The molecule has 2 rings (SSSR count). The SMILES string of the molecule is CCC(C)(C)[C@@H]1CCc2c(sc(NC(=O)CN(C)C)c2C#N)C1. The first-order valence-electron chi connectivity index (χ1n) is 8.27. The van der Waals surface area contributed by atoms with Gasteiger partial charge in [0.15, 0.2) is 0 Å². The Hall–Kier alpha value is -1.38. The summed E-state index contributed by atoms with van der Waals surface area (Å²) in [4.78, 5) is 15.1. The van der Waals surface area contributed by atoms with Crippen LogP contribution in [0, 0.1) is 22.7 Å². The van der Waals surface area contributed by atoms with Gasteiger partial charge < -0.3 is 10.2 Å². The molecule has 0 bridgehead atoms. The molecule has 0 saturated carbocycles. The summed E-state index contributed by atoms with van der Waals surface area (Å²) in [7, 11) is 3.73. The van der Waals surface area contributed by atoms with Crippen LogP contribution in [0.5, 0.6) is 0 Å². The van der Waals surface area contributed by atoms with E-state index in [0.717, 1.165) is 30.7 Å². The first-order chi connectivity index (χ1) is 10.8. The van der Waals surface area contributed by atoms with Crippen molar-refractivity contribution in [2.24, 2.45) is 11.3 Å². The van der Waals surface area contributed by atoms with Gasteiger partial charge in [0.1, 0.15) is 11.1 Å². The summed E-state index contributed by atoms with van der Waals surface area (Å²) < 4.78 is 0. The predicted octanol–water partition coefficient (Wildman–Crippen LogP) is 3.66. The summed E-state index contributed by atoms with van der Waals surface area (Å²) in [6.07, 6.45) is 4.27. The average molecular weight is 334 g/mol. The van der Waals surface area contributed by atoms with Crippen LogP contribution < -0.4 is 5.32 Å². The van der Waals surface area contributed by atoms with Crippen LogP contribution in [-0.2, 0) is 17.6 Å². The Labute approximate surface area is 143 Å². The minimum absolute atomic E-state index is 0.0597. The summed E-state index contributed by atoms with van der Waals surface area (Å²) in [5.41, 5.74) is 2.17. The number of nitrogens with zero attached hydrogens (tertiary/aromatic N) is 2. The molecule has 0 aromatic carbocycles. The van der Waals surface area contributed by atoms with E-state index >= 15 is 0 Å². The van der Waals surface area contributed by atoms with Crippen LogP contribution in [0.3, 0.4) is 0 Å². The van der Waals surface area contributed by atoms with Gasteiger partial charge in [-0.25, -0.2) is 0 Å². The molecule has 0 fully saturated rings. The molecule has 126 valence electrons. The smallest absolute Gasteiger partial charge is 0.239 e. The highest BCUT2D eigenvalue weighted by molar-refractivity contribution is 7.16. The number of carbonyl (C=O) groups excluding carboxylic acids is 1. The van der Waals surface area contributed by atoms with E-state index in [2.05, 4.69) is 32.2 Å². The second-order valence-electron chi connectivity index (χ2n) is 7.39. The monoisotopic (exact) mass is 333 g/mol. The zero-order valence-corrected chi connectivity index (χ0v) is 15.6. The number of hydrogen-bond donors (Lipinski definition) is 1. The third kappa shape index (κ3) is 3.94. The number of anilines is 1. The highest BCUT2D eigenvalue weighted by Gasteiger charge is 2.34. The highest BCUT2D eigenvalue weighted by atomic mass is 32.1. The number of hydrogen-bond acceptors (Lipinski definition) is 4. The Morgan fingerprint density at radius 1 is 1.48 bits per heavy atom. The minimum atomic E-state index is -0.0597. The Balaban J connectivity index is 2.23. The molecule has 1 N–H and O–H groups in total. The van der Waals surface area contributed by atoms with Crippen LogP contribution in [0.2, 0.25) is 0 Å². The van der Waals surface area contributed by atoms with Gasteiger partial charge in [-0.3, -0.25) is 4.79 Å². The zero-order chi connectivity index (χ0) is 17.2. The average Bonchev–Trinajstić information content (AvgIpc) is 2.82. The van der Waals surface area contributed by atoms with Crippen LogP contribution in [0.15, 0.2) is 0 Å². The lowest BCUT2D eigenvalue weighted by Crippen LogP contribution is -2.28. The molecule has 0 unspecified atom stereocenters. The summed E-state index contributed by atoms with van der Waals surface area (Å²) in [6.45, 7) is 7.25. The number of thiophene rings is 1. The van der Waals surface area contributed by atoms with Crippen molar-refractivity contribution in [1.29, 1.82) is 5.26 Å². The molecule has 1 aliphatic rings. The summed E-state index contributed by atoms with van der Waals surface area (Å²) >= 11 is 1.60. The third-order valence-electron chi connectivity index (χ3n) is 5.11. The van der Waals surface area contributed by atoms with Crippen molar-refractivity contribution >= 4 is 22.2 Å². The van der Waals surface area contributed by atoms with E-state index in [1.165, 1.54) is 10.4 Å². The maximum absolute atomic E-state index is 12.0. The van der Waals surface area contributed by atoms with E-state index in [-0.39, 0.29) is 5.91 Å². The molecular weight excluding hydrogens is 306 g/mol. The fourth-order valence-corrected chi connectivity index (χ4v) is 4.50. The van der Waals surface area contributed by atoms with Gasteiger partial charge in [-0.15, -0.1) is 11.3 Å². The van der Waals surface area contributed by atoms with Gasteiger partial charge in [-0.2, -0.15) is 5.26 Å². The second-order valence-corrected chi connectivity index (χ2v) is 8.49. The van der Waals surface area contributed by atoms with E-state index in [1.807, 2.05) is 19.0 Å². The molecule has 4 nitrogen and oxygen atoms in total. The maximum Gasteiger partial charge on any atom is 0.239 e. The fraction of sp³-hybridized carbons (Fsp3) is 0.667. The van der Waals surface area contributed by atoms with Crippen LogP contribution >= 0.6 is 11.3 Å². The third-order valence-corrected chi connectivity index (χ3v) is 6.28. The molecule has 23 heavy (non-hydrogen) atoms. The lowest BCUT2D eigenvalue weighted by atomic mass is 9.69. The zero-order valence-electron chi connectivity index (χ0n) is 14.8. The lowest BCUT2D eigenvalue weighted by molar-refractivity contribution is -0.116. The van der Waals surface area contributed by atoms with Crippen molar-refractivity contribution in [2.75, 3.05) is 26.0 Å². The largest absolute Gasteiger partial charge is 0.315 e. The van der Waals surface area contributed by atoms with Crippen LogP contribution in [0.4, 0.5) is 5.00 Å². The molecule has 1 heterocycles. The number of nitrogens with one attached hydrogen (secondary N) is 1. The Bertz CT molecular complexity index is 625. The van der Waals surface area contributed by atoms with Crippen molar-refractivity contribution in [3.05, 3.63) is 16.0 Å². The Kier molecular flexibility index (Phi) is 5.49. The van der Waals surface area contributed by atoms with E-state index in [9.17, 15) is 10.1 Å². The van der Waals surface area contributed by atoms with Crippen LogP contribution in [-0.4, -0.2) is 31.4 Å². The normalized spacial score (nSPS) is 17.7. The van der Waals surface area contributed by atoms with E-state index < -0.39 is 0 Å². The Morgan fingerprint density at radius 2 is 2.17 bits per heavy atom. The van der Waals surface area contributed by atoms with Gasteiger partial charge >= 0.3 is 0 Å². The minimum Gasteiger partial charge on any atom is -0.315 e. The van der Waals surface area contributed by atoms with Gasteiger partial charge in [0.25, 0.3) is 0 Å². The molecule has 0 spiro atoms. The van der Waals surface area contributed by atoms with Crippen LogP contribution in [0.1, 0.15) is 49.6 Å². The lowest BCUT2D eigenvalue weighted by Gasteiger charge is -2.36. The molecule has 1 aromatic heterocycles. The van der Waals surface area contributed by atoms with E-state index in [0.29, 0.717) is 23.4 Å². The van der Waals surface area contributed by atoms with Gasteiger partial charge in [0.05, 0.1) is 12.1 Å². The van der Waals surface area contributed by atoms with Crippen molar-refractivity contribution in [3.63, 3.8) is 0 Å². The van der Waals surface area contributed by atoms with Gasteiger partial charge in [0, 0.05) is 4.88 Å². The number of fused-ring (bicyclic) bond motifs is 1. The van der Waals surface area contributed by atoms with E-state index in [4.69, 9.17) is 0 Å². The van der Waals surface area contributed by atoms with E-state index in [1.54, 1.807) is 11.3 Å². The van der Waals surface area contributed by atoms with Crippen molar-refractivity contribution < 1.29 is 4.79 Å². The molecular formula is C18H27N3OS. The molecule has 5 heteroatoms. The standard InChI is InChI=1S/C18H27N3OS/c1-6-18(2,3)12-7-8-13-14(10-19)17(23-15(13)9-12)20-16(22)11-21(4)5/h12H,6-9,11H2,1-5H3,(H,20,22)/t12-/m1/s1. The fourth-order valence-electron chi connectivity index (χ4n) is 3.20. The number of rotatable bonds is 5. The second kappa shape index (κ2) is 7.02. The number of nitriles is 1. The first kappa shape index (κ1) is 18.0. The van der Waals surface area contributed by atoms with Crippen molar-refractivity contribution in [2.45, 2.75) is 46.5 Å². The first-order valence-corrected chi connectivity index (χ1v) is 9.09. The van der Waals surface area contributed by atoms with Crippen LogP contribution in [0.25, 0.3) is 0 Å². The summed E-state index contributed by atoms with van der Waals surface area (Å²) in [5, 5.41) is 13.2. The number of likely N-dealkylation sites (N-methyl/N-ethyl adjacent to an activating group) is 1. The maximum atomic E-state index is 12.0. The quantitative estimate of drug-likeness (QED) is 0.894. The van der Waals surface area contributed by atoms with Crippen molar-refractivity contribution in [3.8, 4) is 6.07 Å². The molecule has 0 radical (unpaired) electrons. The summed E-state index contributed by atoms with van der Waals surface area (Å²) in [5.74, 6) is 0.589. The Morgan fingerprint density at radius 3 is 2.74 bits per heavy atom. The number of carbonyl (C=O) groups is 1. The van der Waals surface area contributed by atoms with Crippen molar-refractivity contribution in [1.82, 2.24) is 4.90 Å². The molecule has 1 aromatic rings. The molecule has 0 saturated heterocycles. The van der Waals surface area contributed by atoms with Gasteiger partial charge in [-0.1, -0.05) is 27.2 Å². The molecule has 1 amide bonds. The number of amides is 1. The van der Waals surface area contributed by atoms with Gasteiger partial charge in [-0.05, 0) is 50.3 Å².